The molecule has 2 N–H and O–H groups in total. The van der Waals surface area contributed by atoms with E-state index in [0.29, 0.717) is 22.9 Å². The molecule has 0 atom stereocenters. The van der Waals surface area contributed by atoms with Crippen LogP contribution < -0.4 is 14.8 Å². The number of hydrogen-bond donors (Lipinski definition) is 2. The van der Waals surface area contributed by atoms with Crippen LogP contribution in [-0.2, 0) is 6.18 Å². The lowest BCUT2D eigenvalue weighted by Crippen LogP contribution is -2.14. The summed E-state index contributed by atoms with van der Waals surface area (Å²) in [5, 5.41) is 8.88. The number of carbonyl (C=O) groups excluding carboxylic acids is 1. The predicted molar refractivity (Wildman–Crippen MR) is 94.3 cm³/mol. The maximum Gasteiger partial charge on any atom is 0.416 e. The first-order chi connectivity index (χ1) is 13.3. The summed E-state index contributed by atoms with van der Waals surface area (Å²) in [5.74, 6) is 0.506. The Labute approximate surface area is 157 Å². The minimum atomic E-state index is -4.54. The van der Waals surface area contributed by atoms with E-state index < -0.39 is 17.6 Å². The molecular formula is C18H15F3N4O3. The van der Waals surface area contributed by atoms with E-state index in [2.05, 4.69) is 20.5 Å². The molecule has 0 fully saturated rings. The topological polar surface area (TPSA) is 89.1 Å². The van der Waals surface area contributed by atoms with E-state index in [-0.39, 0.29) is 11.5 Å². The van der Waals surface area contributed by atoms with Crippen molar-refractivity contribution in [3.8, 4) is 22.9 Å². The van der Waals surface area contributed by atoms with Gasteiger partial charge in [-0.2, -0.15) is 18.2 Å². The van der Waals surface area contributed by atoms with Crippen LogP contribution in [0.25, 0.3) is 11.4 Å². The van der Waals surface area contributed by atoms with Crippen LogP contribution in [0, 0.1) is 0 Å². The van der Waals surface area contributed by atoms with Crippen molar-refractivity contribution in [2.75, 3.05) is 19.5 Å². The maximum atomic E-state index is 12.8. The molecule has 0 bridgehead atoms. The van der Waals surface area contributed by atoms with Crippen molar-refractivity contribution in [1.29, 1.82) is 0 Å². The highest BCUT2D eigenvalue weighted by atomic mass is 19.4. The Morgan fingerprint density at radius 3 is 2.50 bits per heavy atom. The number of amides is 1. The number of benzene rings is 2. The summed E-state index contributed by atoms with van der Waals surface area (Å²) >= 11 is 0. The van der Waals surface area contributed by atoms with Gasteiger partial charge >= 0.3 is 6.18 Å². The van der Waals surface area contributed by atoms with Gasteiger partial charge in [0.1, 0.15) is 0 Å². The number of hydrogen-bond acceptors (Lipinski definition) is 5. The number of alkyl halides is 3. The van der Waals surface area contributed by atoms with Gasteiger partial charge in [-0.1, -0.05) is 6.07 Å². The highest BCUT2D eigenvalue weighted by Gasteiger charge is 2.31. The van der Waals surface area contributed by atoms with E-state index in [1.165, 1.54) is 20.3 Å². The quantitative estimate of drug-likeness (QED) is 0.690. The minimum Gasteiger partial charge on any atom is -0.493 e. The number of nitrogens with one attached hydrogen (secondary N) is 2. The van der Waals surface area contributed by atoms with Crippen molar-refractivity contribution < 1.29 is 27.4 Å². The molecule has 0 aliphatic rings. The summed E-state index contributed by atoms with van der Waals surface area (Å²) in [4.78, 5) is 16.3. The van der Waals surface area contributed by atoms with Gasteiger partial charge in [0.05, 0.1) is 19.8 Å². The molecule has 7 nitrogen and oxygen atoms in total. The van der Waals surface area contributed by atoms with Gasteiger partial charge in [-0.25, -0.2) is 0 Å². The molecular weight excluding hydrogens is 377 g/mol. The zero-order valence-electron chi connectivity index (χ0n) is 14.8. The predicted octanol–water partition coefficient (Wildman–Crippen LogP) is 3.76. The fourth-order valence-corrected chi connectivity index (χ4v) is 2.44. The van der Waals surface area contributed by atoms with E-state index in [9.17, 15) is 18.0 Å². The number of H-pyrrole nitrogens is 1. The summed E-state index contributed by atoms with van der Waals surface area (Å²) in [5.41, 5.74) is -0.460. The Morgan fingerprint density at radius 2 is 1.82 bits per heavy atom. The summed E-state index contributed by atoms with van der Waals surface area (Å²) in [7, 11) is 3.00. The molecule has 1 amide bonds. The molecule has 0 unspecified atom stereocenters. The van der Waals surface area contributed by atoms with Crippen molar-refractivity contribution >= 4 is 11.9 Å². The van der Waals surface area contributed by atoms with Gasteiger partial charge in [0.2, 0.25) is 5.95 Å². The molecule has 2 aromatic carbocycles. The van der Waals surface area contributed by atoms with Crippen molar-refractivity contribution in [3.05, 3.63) is 53.6 Å². The first-order valence-electron chi connectivity index (χ1n) is 7.95. The lowest BCUT2D eigenvalue weighted by atomic mass is 10.1. The van der Waals surface area contributed by atoms with Crippen LogP contribution in [0.15, 0.2) is 42.5 Å². The largest absolute Gasteiger partial charge is 0.493 e. The standard InChI is InChI=1S/C18H15F3N4O3/c1-27-13-7-6-10(9-14(13)28-2)15-22-17(25-24-15)23-16(26)11-4-3-5-12(8-11)18(19,20)21/h3-9H,1-2H3,(H2,22,23,24,25,26). The van der Waals surface area contributed by atoms with Gasteiger partial charge in [0.15, 0.2) is 17.3 Å². The van der Waals surface area contributed by atoms with Gasteiger partial charge < -0.3 is 9.47 Å². The molecule has 1 heterocycles. The second-order valence-electron chi connectivity index (χ2n) is 5.61. The molecule has 28 heavy (non-hydrogen) atoms. The van der Waals surface area contributed by atoms with Crippen molar-refractivity contribution in [2.24, 2.45) is 0 Å². The SMILES string of the molecule is COc1ccc(-c2nc(NC(=O)c3cccc(C(F)(F)F)c3)n[nH]2)cc1OC. The fourth-order valence-electron chi connectivity index (χ4n) is 2.44. The second-order valence-corrected chi connectivity index (χ2v) is 5.61. The van der Waals surface area contributed by atoms with Crippen molar-refractivity contribution in [2.45, 2.75) is 6.18 Å². The maximum absolute atomic E-state index is 12.8. The fraction of sp³-hybridized carbons (Fsp3) is 0.167. The second kappa shape index (κ2) is 7.59. The summed E-state index contributed by atoms with van der Waals surface area (Å²) < 4.78 is 48.7. The first kappa shape index (κ1) is 19.2. The number of halogens is 3. The summed E-state index contributed by atoms with van der Waals surface area (Å²) in [6.45, 7) is 0. The molecule has 0 aliphatic heterocycles. The van der Waals surface area contributed by atoms with Crippen molar-refractivity contribution in [3.63, 3.8) is 0 Å². The zero-order valence-corrected chi connectivity index (χ0v) is 14.8. The number of carbonyl (C=O) groups is 1. The lowest BCUT2D eigenvalue weighted by Gasteiger charge is -2.08. The van der Waals surface area contributed by atoms with E-state index in [1.54, 1.807) is 18.2 Å². The smallest absolute Gasteiger partial charge is 0.416 e. The number of nitrogens with zero attached hydrogens (tertiary/aromatic N) is 2. The van der Waals surface area contributed by atoms with Gasteiger partial charge in [-0.05, 0) is 36.4 Å². The Balaban J connectivity index is 1.79. The Hall–Kier alpha value is -3.56. The average Bonchev–Trinajstić information content (AvgIpc) is 3.15. The van der Waals surface area contributed by atoms with E-state index in [4.69, 9.17) is 9.47 Å². The third-order valence-electron chi connectivity index (χ3n) is 3.82. The van der Waals surface area contributed by atoms with Crippen LogP contribution in [0.1, 0.15) is 15.9 Å². The summed E-state index contributed by atoms with van der Waals surface area (Å²) in [6, 6.07) is 9.13. The molecule has 10 heteroatoms. The van der Waals surface area contributed by atoms with Crippen LogP contribution >= 0.6 is 0 Å². The molecule has 0 radical (unpaired) electrons. The van der Waals surface area contributed by atoms with Gasteiger partial charge in [-0.3, -0.25) is 15.2 Å². The van der Waals surface area contributed by atoms with Gasteiger partial charge in [0.25, 0.3) is 5.91 Å². The highest BCUT2D eigenvalue weighted by molar-refractivity contribution is 6.03. The number of aromatic amines is 1. The van der Waals surface area contributed by atoms with Crippen molar-refractivity contribution in [1.82, 2.24) is 15.2 Å². The van der Waals surface area contributed by atoms with Gasteiger partial charge in [0, 0.05) is 11.1 Å². The molecule has 0 aliphatic carbocycles. The van der Waals surface area contributed by atoms with E-state index in [1.807, 2.05) is 0 Å². The normalized spacial score (nSPS) is 11.2. The number of aromatic nitrogens is 3. The van der Waals surface area contributed by atoms with E-state index in [0.717, 1.165) is 18.2 Å². The van der Waals surface area contributed by atoms with E-state index >= 15 is 0 Å². The number of rotatable bonds is 5. The number of ether oxygens (including phenoxy) is 2. The molecule has 146 valence electrons. The lowest BCUT2D eigenvalue weighted by molar-refractivity contribution is -0.137. The Bertz CT molecular complexity index is 1000. The molecule has 0 saturated heterocycles. The third kappa shape index (κ3) is 4.05. The zero-order chi connectivity index (χ0) is 20.3. The Morgan fingerprint density at radius 1 is 1.07 bits per heavy atom. The molecule has 0 spiro atoms. The van der Waals surface area contributed by atoms with Crippen LogP contribution in [-0.4, -0.2) is 35.3 Å². The average molecular weight is 392 g/mol. The monoisotopic (exact) mass is 392 g/mol. The molecule has 0 saturated carbocycles. The molecule has 3 rings (SSSR count). The number of anilines is 1. The van der Waals surface area contributed by atoms with Crippen LogP contribution in [0.5, 0.6) is 11.5 Å². The third-order valence-corrected chi connectivity index (χ3v) is 3.82. The molecule has 1 aromatic heterocycles. The molecule has 3 aromatic rings. The number of methoxy groups -OCH3 is 2. The summed E-state index contributed by atoms with van der Waals surface area (Å²) in [6.07, 6.45) is -4.54. The minimum absolute atomic E-state index is 0.0767. The van der Waals surface area contributed by atoms with Crippen LogP contribution in [0.4, 0.5) is 19.1 Å². The highest BCUT2D eigenvalue weighted by Crippen LogP contribution is 2.31. The van der Waals surface area contributed by atoms with Crippen LogP contribution in [0.2, 0.25) is 0 Å². The van der Waals surface area contributed by atoms with Gasteiger partial charge in [-0.15, -0.1) is 5.10 Å². The first-order valence-corrected chi connectivity index (χ1v) is 7.95. The Kier molecular flexibility index (Phi) is 5.21. The van der Waals surface area contributed by atoms with Crippen LogP contribution in [0.3, 0.4) is 0 Å².